The summed E-state index contributed by atoms with van der Waals surface area (Å²) in [4.78, 5) is 0.0731. The molecule has 0 bridgehead atoms. The summed E-state index contributed by atoms with van der Waals surface area (Å²) < 4.78 is 40.1. The molecule has 0 saturated heterocycles. The molecule has 0 radical (unpaired) electrons. The van der Waals surface area contributed by atoms with Gasteiger partial charge in [0.1, 0.15) is 5.82 Å². The zero-order valence-corrected chi connectivity index (χ0v) is 12.1. The zero-order valence-electron chi connectivity index (χ0n) is 10.5. The highest BCUT2D eigenvalue weighted by Gasteiger charge is 2.35. The van der Waals surface area contributed by atoms with Gasteiger partial charge in [0.05, 0.1) is 4.90 Å². The van der Waals surface area contributed by atoms with Crippen molar-refractivity contribution in [2.75, 3.05) is 5.88 Å². The molecular weight excluding hydrogens is 289 g/mol. The molecule has 1 N–H and O–H groups in total. The lowest BCUT2D eigenvalue weighted by molar-refractivity contribution is 0.298. The highest BCUT2D eigenvalue weighted by Crippen LogP contribution is 2.31. The largest absolute Gasteiger partial charge is 0.241 e. The Morgan fingerprint density at radius 3 is 2.26 bits per heavy atom. The summed E-state index contributed by atoms with van der Waals surface area (Å²) in [5.41, 5.74) is -0.562. The van der Waals surface area contributed by atoms with Gasteiger partial charge in [-0.15, -0.1) is 11.6 Å². The number of rotatable bonds is 4. The first kappa shape index (κ1) is 14.8. The number of hydrogen-bond donors (Lipinski definition) is 1. The molecule has 1 fully saturated rings. The summed E-state index contributed by atoms with van der Waals surface area (Å²) >= 11 is 5.97. The van der Waals surface area contributed by atoms with Gasteiger partial charge in [-0.25, -0.2) is 17.5 Å². The van der Waals surface area contributed by atoms with E-state index in [2.05, 4.69) is 4.72 Å². The van der Waals surface area contributed by atoms with Crippen molar-refractivity contribution in [2.45, 2.75) is 42.5 Å². The molecule has 106 valence electrons. The van der Waals surface area contributed by atoms with E-state index in [1.54, 1.807) is 0 Å². The van der Waals surface area contributed by atoms with Gasteiger partial charge in [-0.05, 0) is 37.1 Å². The molecule has 2 rings (SSSR count). The Labute approximate surface area is 118 Å². The minimum atomic E-state index is -3.65. The normalized spacial score (nSPS) is 19.3. The summed E-state index contributed by atoms with van der Waals surface area (Å²) in [6.45, 7) is 0. The topological polar surface area (TPSA) is 46.2 Å². The predicted octanol–water partition coefficient (Wildman–Crippen LogP) is 3.05. The average molecular weight is 306 g/mol. The van der Waals surface area contributed by atoms with Crippen LogP contribution in [0.5, 0.6) is 0 Å². The molecule has 0 amide bonds. The molecule has 0 aromatic heterocycles. The Bertz CT molecular complexity index is 524. The van der Waals surface area contributed by atoms with Crippen LogP contribution in [-0.2, 0) is 10.0 Å². The quantitative estimate of drug-likeness (QED) is 0.869. The van der Waals surface area contributed by atoms with Gasteiger partial charge >= 0.3 is 0 Å². The molecule has 0 unspecified atom stereocenters. The third-order valence-corrected chi connectivity index (χ3v) is 5.65. The molecule has 1 aliphatic rings. The van der Waals surface area contributed by atoms with E-state index in [1.807, 2.05) is 0 Å². The highest BCUT2D eigenvalue weighted by atomic mass is 35.5. The Morgan fingerprint density at radius 1 is 1.16 bits per heavy atom. The van der Waals surface area contributed by atoms with Crippen LogP contribution in [-0.4, -0.2) is 19.8 Å². The summed E-state index contributed by atoms with van der Waals surface area (Å²) in [5.74, 6) is -0.198. The molecule has 3 nitrogen and oxygen atoms in total. The van der Waals surface area contributed by atoms with E-state index in [0.29, 0.717) is 0 Å². The fraction of sp³-hybridized carbons (Fsp3) is 0.538. The van der Waals surface area contributed by atoms with Crippen molar-refractivity contribution in [2.24, 2.45) is 0 Å². The van der Waals surface area contributed by atoms with Crippen LogP contribution in [0.25, 0.3) is 0 Å². The lowest BCUT2D eigenvalue weighted by Crippen LogP contribution is -2.51. The minimum absolute atomic E-state index is 0.0731. The minimum Gasteiger partial charge on any atom is -0.207 e. The molecule has 0 heterocycles. The third kappa shape index (κ3) is 3.46. The van der Waals surface area contributed by atoms with Gasteiger partial charge < -0.3 is 0 Å². The monoisotopic (exact) mass is 305 g/mol. The Balaban J connectivity index is 2.22. The average Bonchev–Trinajstić information content (AvgIpc) is 2.40. The number of alkyl halides is 1. The summed E-state index contributed by atoms with van der Waals surface area (Å²) in [5, 5.41) is 0. The van der Waals surface area contributed by atoms with Crippen molar-refractivity contribution in [3.8, 4) is 0 Å². The number of hydrogen-bond acceptors (Lipinski definition) is 2. The molecule has 1 aromatic rings. The molecule has 0 aliphatic heterocycles. The van der Waals surface area contributed by atoms with E-state index in [1.165, 1.54) is 12.1 Å². The number of benzene rings is 1. The third-order valence-electron chi connectivity index (χ3n) is 3.54. The molecule has 0 spiro atoms. The van der Waals surface area contributed by atoms with Crippen LogP contribution in [0.15, 0.2) is 29.2 Å². The van der Waals surface area contributed by atoms with E-state index < -0.39 is 21.4 Å². The Kier molecular flexibility index (Phi) is 4.48. The van der Waals surface area contributed by atoms with Crippen LogP contribution in [0, 0.1) is 5.82 Å². The van der Waals surface area contributed by atoms with Gasteiger partial charge in [0.2, 0.25) is 10.0 Å². The van der Waals surface area contributed by atoms with Gasteiger partial charge in [-0.3, -0.25) is 0 Å². The first-order chi connectivity index (χ1) is 8.97. The summed E-state index contributed by atoms with van der Waals surface area (Å²) in [7, 11) is -3.65. The summed E-state index contributed by atoms with van der Waals surface area (Å²) in [6.07, 6.45) is 4.54. The van der Waals surface area contributed by atoms with Gasteiger partial charge in [0, 0.05) is 11.4 Å². The first-order valence-electron chi connectivity index (χ1n) is 6.33. The van der Waals surface area contributed by atoms with E-state index in [0.717, 1.165) is 44.2 Å². The van der Waals surface area contributed by atoms with E-state index in [4.69, 9.17) is 11.6 Å². The van der Waals surface area contributed by atoms with E-state index >= 15 is 0 Å². The molecule has 6 heteroatoms. The van der Waals surface area contributed by atoms with Crippen LogP contribution >= 0.6 is 11.6 Å². The van der Waals surface area contributed by atoms with Crippen LogP contribution in [0.2, 0.25) is 0 Å². The van der Waals surface area contributed by atoms with Gasteiger partial charge in [-0.1, -0.05) is 19.3 Å². The van der Waals surface area contributed by atoms with Crippen LogP contribution in [0.3, 0.4) is 0 Å². The molecule has 1 saturated carbocycles. The van der Waals surface area contributed by atoms with Crippen molar-refractivity contribution < 1.29 is 12.8 Å². The highest BCUT2D eigenvalue weighted by molar-refractivity contribution is 7.89. The zero-order chi connectivity index (χ0) is 13.9. The second kappa shape index (κ2) is 5.77. The smallest absolute Gasteiger partial charge is 0.207 e. The maximum Gasteiger partial charge on any atom is 0.241 e. The van der Waals surface area contributed by atoms with Crippen LogP contribution in [0.4, 0.5) is 4.39 Å². The Morgan fingerprint density at radius 2 is 1.74 bits per heavy atom. The standard InChI is InChI=1S/C13H17ClFNO2S/c14-10-13(8-2-1-3-9-13)16-19(17,18)12-6-4-11(15)5-7-12/h4-7,16H,1-3,8-10H2. The first-order valence-corrected chi connectivity index (χ1v) is 8.35. The van der Waals surface area contributed by atoms with Gasteiger partial charge in [-0.2, -0.15) is 0 Å². The molecule has 1 aliphatic carbocycles. The maximum atomic E-state index is 12.8. The number of halogens is 2. The van der Waals surface area contributed by atoms with Gasteiger partial charge in [0.25, 0.3) is 0 Å². The fourth-order valence-electron chi connectivity index (χ4n) is 2.45. The van der Waals surface area contributed by atoms with Crippen LogP contribution in [0.1, 0.15) is 32.1 Å². The van der Waals surface area contributed by atoms with Crippen LogP contribution < -0.4 is 4.72 Å². The molecule has 19 heavy (non-hydrogen) atoms. The fourth-order valence-corrected chi connectivity index (χ4v) is 4.32. The lowest BCUT2D eigenvalue weighted by Gasteiger charge is -2.36. The van der Waals surface area contributed by atoms with Crippen molar-refractivity contribution in [1.82, 2.24) is 4.72 Å². The molecular formula is C13H17ClFNO2S. The van der Waals surface area contributed by atoms with Crippen molar-refractivity contribution in [3.05, 3.63) is 30.1 Å². The summed E-state index contributed by atoms with van der Waals surface area (Å²) in [6, 6.07) is 4.82. The van der Waals surface area contributed by atoms with Gasteiger partial charge in [0.15, 0.2) is 0 Å². The molecule has 0 atom stereocenters. The van der Waals surface area contributed by atoms with E-state index in [9.17, 15) is 12.8 Å². The van der Waals surface area contributed by atoms with Crippen molar-refractivity contribution >= 4 is 21.6 Å². The predicted molar refractivity (Wildman–Crippen MR) is 73.3 cm³/mol. The maximum absolute atomic E-state index is 12.8. The SMILES string of the molecule is O=S(=O)(NC1(CCl)CCCCC1)c1ccc(F)cc1. The number of sulfonamides is 1. The van der Waals surface area contributed by atoms with Crippen molar-refractivity contribution in [3.63, 3.8) is 0 Å². The Hall–Kier alpha value is -0.650. The second-order valence-corrected chi connectivity index (χ2v) is 6.98. The second-order valence-electron chi connectivity index (χ2n) is 5.03. The van der Waals surface area contributed by atoms with Crippen molar-refractivity contribution in [1.29, 1.82) is 0 Å². The number of nitrogens with one attached hydrogen (secondary N) is 1. The lowest BCUT2D eigenvalue weighted by atomic mass is 9.84. The molecule has 1 aromatic carbocycles. The van der Waals surface area contributed by atoms with E-state index in [-0.39, 0.29) is 10.8 Å².